The first-order valence-electron chi connectivity index (χ1n) is 10.6. The van der Waals surface area contributed by atoms with Crippen LogP contribution < -0.4 is 15.0 Å². The lowest BCUT2D eigenvalue weighted by atomic mass is 10.1. The van der Waals surface area contributed by atoms with Gasteiger partial charge in [0.2, 0.25) is 0 Å². The van der Waals surface area contributed by atoms with E-state index >= 15 is 0 Å². The normalized spacial score (nSPS) is 15.2. The van der Waals surface area contributed by atoms with Crippen LogP contribution in [0, 0.1) is 0 Å². The van der Waals surface area contributed by atoms with Gasteiger partial charge in [-0.2, -0.15) is 0 Å². The maximum absolute atomic E-state index is 5.35. The zero-order valence-corrected chi connectivity index (χ0v) is 18.3. The molecule has 2 rings (SSSR count). The molecule has 1 aromatic rings. The Morgan fingerprint density at radius 2 is 1.79 bits per heavy atom. The van der Waals surface area contributed by atoms with Crippen LogP contribution in [0.5, 0.6) is 5.75 Å². The average Bonchev–Trinajstić information content (AvgIpc) is 2.73. The molecule has 1 heterocycles. The quantitative estimate of drug-likeness (QED) is 0.379. The zero-order chi connectivity index (χ0) is 20.2. The number of rotatable bonds is 10. The van der Waals surface area contributed by atoms with Gasteiger partial charge in [-0.25, -0.2) is 0 Å². The van der Waals surface area contributed by atoms with Gasteiger partial charge in [0.25, 0.3) is 0 Å². The minimum atomic E-state index is 0.916. The van der Waals surface area contributed by atoms with Crippen LogP contribution in [0.4, 0.5) is 5.69 Å². The van der Waals surface area contributed by atoms with Crippen molar-refractivity contribution in [2.24, 2.45) is 4.99 Å². The number of hydrogen-bond acceptors (Lipinski definition) is 4. The number of unbranched alkanes of at least 4 members (excludes halogenated alkanes) is 4. The summed E-state index contributed by atoms with van der Waals surface area (Å²) in [4.78, 5) is 11.5. The number of methoxy groups -OCH3 is 1. The third kappa shape index (κ3) is 7.58. The van der Waals surface area contributed by atoms with E-state index in [1.54, 1.807) is 7.11 Å². The van der Waals surface area contributed by atoms with E-state index in [9.17, 15) is 0 Å². The summed E-state index contributed by atoms with van der Waals surface area (Å²) in [6, 6.07) is 8.32. The molecule has 1 aliphatic rings. The zero-order valence-electron chi connectivity index (χ0n) is 18.3. The van der Waals surface area contributed by atoms with E-state index in [1.807, 2.05) is 13.1 Å². The third-order valence-electron chi connectivity index (χ3n) is 5.27. The number of benzene rings is 1. The SMILES string of the molecule is CN=C(NCCCCCCCN(C)C)N1CCN(c2cccc(OC)c2)CC1. The van der Waals surface area contributed by atoms with Crippen LogP contribution in [0.3, 0.4) is 0 Å². The van der Waals surface area contributed by atoms with E-state index in [4.69, 9.17) is 4.74 Å². The second-order valence-corrected chi connectivity index (χ2v) is 7.72. The first-order chi connectivity index (χ1) is 13.6. The summed E-state index contributed by atoms with van der Waals surface area (Å²) >= 11 is 0. The van der Waals surface area contributed by atoms with Crippen LogP contribution in [0.1, 0.15) is 32.1 Å². The Kier molecular flexibility index (Phi) is 9.97. The molecule has 0 amide bonds. The smallest absolute Gasteiger partial charge is 0.193 e. The molecule has 0 spiro atoms. The van der Waals surface area contributed by atoms with Crippen molar-refractivity contribution in [3.8, 4) is 5.75 Å². The Hall–Kier alpha value is -1.95. The van der Waals surface area contributed by atoms with E-state index in [0.29, 0.717) is 0 Å². The molecule has 6 nitrogen and oxygen atoms in total. The van der Waals surface area contributed by atoms with E-state index in [2.05, 4.69) is 57.3 Å². The first kappa shape index (κ1) is 22.3. The minimum absolute atomic E-state index is 0.916. The van der Waals surface area contributed by atoms with Gasteiger partial charge in [-0.1, -0.05) is 25.3 Å². The molecular formula is C22H39N5O. The monoisotopic (exact) mass is 389 g/mol. The molecule has 1 saturated heterocycles. The third-order valence-corrected chi connectivity index (χ3v) is 5.27. The average molecular weight is 390 g/mol. The topological polar surface area (TPSA) is 43.3 Å². The van der Waals surface area contributed by atoms with Crippen molar-refractivity contribution >= 4 is 11.6 Å². The van der Waals surface area contributed by atoms with Gasteiger partial charge < -0.3 is 24.8 Å². The highest BCUT2D eigenvalue weighted by atomic mass is 16.5. The number of guanidine groups is 1. The second kappa shape index (κ2) is 12.5. The van der Waals surface area contributed by atoms with Crippen molar-refractivity contribution in [3.05, 3.63) is 24.3 Å². The lowest BCUT2D eigenvalue weighted by Crippen LogP contribution is -2.52. The molecule has 1 aliphatic heterocycles. The highest BCUT2D eigenvalue weighted by molar-refractivity contribution is 5.80. The summed E-state index contributed by atoms with van der Waals surface area (Å²) in [6.45, 7) is 6.19. The number of anilines is 1. The van der Waals surface area contributed by atoms with Crippen molar-refractivity contribution in [3.63, 3.8) is 0 Å². The van der Waals surface area contributed by atoms with Crippen LogP contribution in [-0.2, 0) is 0 Å². The summed E-state index contributed by atoms with van der Waals surface area (Å²) in [7, 11) is 7.90. The maximum atomic E-state index is 5.35. The molecule has 28 heavy (non-hydrogen) atoms. The summed E-state index contributed by atoms with van der Waals surface area (Å²) in [5.74, 6) is 1.96. The minimum Gasteiger partial charge on any atom is -0.497 e. The molecule has 0 aliphatic carbocycles. The van der Waals surface area contributed by atoms with Crippen LogP contribution in [0.15, 0.2) is 29.3 Å². The molecule has 1 N–H and O–H groups in total. The first-order valence-corrected chi connectivity index (χ1v) is 10.6. The Morgan fingerprint density at radius 1 is 1.07 bits per heavy atom. The van der Waals surface area contributed by atoms with Crippen LogP contribution >= 0.6 is 0 Å². The van der Waals surface area contributed by atoms with E-state index in [1.165, 1.54) is 44.3 Å². The van der Waals surface area contributed by atoms with Crippen LogP contribution in [0.2, 0.25) is 0 Å². The fourth-order valence-electron chi connectivity index (χ4n) is 3.60. The van der Waals surface area contributed by atoms with Gasteiger partial charge >= 0.3 is 0 Å². The summed E-state index contributed by atoms with van der Waals surface area (Å²) < 4.78 is 5.35. The Labute approximate surface area is 171 Å². The Bertz CT molecular complexity index is 582. The van der Waals surface area contributed by atoms with Gasteiger partial charge in [0, 0.05) is 51.5 Å². The molecule has 1 aromatic carbocycles. The van der Waals surface area contributed by atoms with Crippen LogP contribution in [-0.4, -0.2) is 83.3 Å². The lowest BCUT2D eigenvalue weighted by Gasteiger charge is -2.37. The van der Waals surface area contributed by atoms with Crippen LogP contribution in [0.25, 0.3) is 0 Å². The van der Waals surface area contributed by atoms with E-state index in [0.717, 1.165) is 44.4 Å². The molecule has 0 aromatic heterocycles. The van der Waals surface area contributed by atoms with E-state index in [-0.39, 0.29) is 0 Å². The van der Waals surface area contributed by atoms with Gasteiger partial charge in [-0.15, -0.1) is 0 Å². The largest absolute Gasteiger partial charge is 0.497 e. The number of nitrogens with one attached hydrogen (secondary N) is 1. The molecule has 158 valence electrons. The molecule has 0 radical (unpaired) electrons. The number of hydrogen-bond donors (Lipinski definition) is 1. The number of nitrogens with zero attached hydrogens (tertiary/aromatic N) is 4. The van der Waals surface area contributed by atoms with Gasteiger partial charge in [-0.3, -0.25) is 4.99 Å². The molecular weight excluding hydrogens is 350 g/mol. The molecule has 0 unspecified atom stereocenters. The number of ether oxygens (including phenoxy) is 1. The van der Waals surface area contributed by atoms with Crippen molar-refractivity contribution in [1.82, 2.24) is 15.1 Å². The van der Waals surface area contributed by atoms with Crippen molar-refractivity contribution in [2.75, 3.05) is 72.4 Å². The fourth-order valence-corrected chi connectivity index (χ4v) is 3.60. The Morgan fingerprint density at radius 3 is 2.46 bits per heavy atom. The summed E-state index contributed by atoms with van der Waals surface area (Å²) in [5, 5.41) is 3.55. The predicted molar refractivity (Wildman–Crippen MR) is 120 cm³/mol. The lowest BCUT2D eigenvalue weighted by molar-refractivity contribution is 0.371. The summed E-state index contributed by atoms with van der Waals surface area (Å²) in [6.07, 6.45) is 6.47. The van der Waals surface area contributed by atoms with Gasteiger partial charge in [0.05, 0.1) is 7.11 Å². The van der Waals surface area contributed by atoms with Crippen molar-refractivity contribution < 1.29 is 4.74 Å². The highest BCUT2D eigenvalue weighted by Crippen LogP contribution is 2.22. The Balaban J connectivity index is 1.65. The van der Waals surface area contributed by atoms with E-state index < -0.39 is 0 Å². The highest BCUT2D eigenvalue weighted by Gasteiger charge is 2.19. The number of piperazine rings is 1. The molecule has 0 atom stereocenters. The maximum Gasteiger partial charge on any atom is 0.193 e. The molecule has 1 fully saturated rings. The van der Waals surface area contributed by atoms with Gasteiger partial charge in [0.15, 0.2) is 5.96 Å². The molecule has 0 bridgehead atoms. The standard InChI is InChI=1S/C22H39N5O/c1-23-22(24-13-8-6-5-7-9-14-25(2)3)27-17-15-26(16-18-27)20-11-10-12-21(19-20)28-4/h10-12,19H,5-9,13-18H2,1-4H3,(H,23,24). The van der Waals surface area contributed by atoms with Gasteiger partial charge in [0.1, 0.15) is 5.75 Å². The molecule has 0 saturated carbocycles. The van der Waals surface area contributed by atoms with Gasteiger partial charge in [-0.05, 0) is 45.6 Å². The fraction of sp³-hybridized carbons (Fsp3) is 0.682. The van der Waals surface area contributed by atoms with Crippen molar-refractivity contribution in [2.45, 2.75) is 32.1 Å². The predicted octanol–water partition coefficient (Wildman–Crippen LogP) is 2.90. The number of aliphatic imine (C=N–C) groups is 1. The molecule has 6 heteroatoms. The van der Waals surface area contributed by atoms with Crippen molar-refractivity contribution in [1.29, 1.82) is 0 Å². The second-order valence-electron chi connectivity index (χ2n) is 7.72. The summed E-state index contributed by atoms with van der Waals surface area (Å²) in [5.41, 5.74) is 1.23.